The van der Waals surface area contributed by atoms with Crippen LogP contribution >= 0.6 is 0 Å². The first kappa shape index (κ1) is 19.1. The van der Waals surface area contributed by atoms with E-state index in [0.717, 1.165) is 19.6 Å². The molecule has 0 amide bonds. The van der Waals surface area contributed by atoms with E-state index in [-0.39, 0.29) is 0 Å². The lowest BCUT2D eigenvalue weighted by Crippen LogP contribution is -1.90. The van der Waals surface area contributed by atoms with Crippen molar-refractivity contribution in [2.24, 2.45) is 0 Å². The number of ether oxygens (including phenoxy) is 1. The van der Waals surface area contributed by atoms with Crippen LogP contribution in [0.3, 0.4) is 0 Å². The van der Waals surface area contributed by atoms with Gasteiger partial charge in [0.25, 0.3) is 0 Å². The van der Waals surface area contributed by atoms with Gasteiger partial charge in [0.05, 0.1) is 0 Å². The van der Waals surface area contributed by atoms with Crippen molar-refractivity contribution in [1.29, 1.82) is 0 Å². The smallest absolute Gasteiger partial charge is 0.303 e. The van der Waals surface area contributed by atoms with Crippen LogP contribution in [0, 0.1) is 0 Å². The van der Waals surface area contributed by atoms with Gasteiger partial charge >= 0.3 is 5.97 Å². The summed E-state index contributed by atoms with van der Waals surface area (Å²) in [7, 11) is 0. The van der Waals surface area contributed by atoms with E-state index < -0.39 is 5.97 Å². The molecule has 3 nitrogen and oxygen atoms in total. The molecule has 27 heavy (non-hydrogen) atoms. The number of aliphatic carboxylic acids is 1. The molecule has 0 aliphatic carbocycles. The first-order valence-electron chi connectivity index (χ1n) is 9.63. The van der Waals surface area contributed by atoms with Crippen LogP contribution in [0.25, 0.3) is 32.3 Å². The normalized spacial score (nSPS) is 13.2. The Morgan fingerprint density at radius 1 is 0.815 bits per heavy atom. The third-order valence-corrected chi connectivity index (χ3v) is 4.68. The highest BCUT2D eigenvalue weighted by Gasteiger charge is 2.05. The molecule has 0 unspecified atom stereocenters. The Labute approximate surface area is 159 Å². The van der Waals surface area contributed by atoms with E-state index in [2.05, 4.69) is 60.7 Å². The van der Waals surface area contributed by atoms with Gasteiger partial charge in [-0.2, -0.15) is 0 Å². The van der Waals surface area contributed by atoms with E-state index in [1.165, 1.54) is 45.2 Å². The first-order chi connectivity index (χ1) is 13.2. The summed E-state index contributed by atoms with van der Waals surface area (Å²) >= 11 is 0. The van der Waals surface area contributed by atoms with Gasteiger partial charge in [-0.3, -0.25) is 4.79 Å². The molecule has 1 heterocycles. The number of carboxylic acids is 1. The molecule has 140 valence electrons. The standard InChI is InChI=1S/C16H10.C4H8O2.C4H8O/c1-3-11-7-9-13-5-2-6-14-10-8-12(4-1)15(11)16(13)14;1-2-3-4(5)6;1-2-4-5-3-1/h1-10H;2-3H2,1H3,(H,5,6);1-4H2. The predicted molar refractivity (Wildman–Crippen MR) is 113 cm³/mol. The maximum Gasteiger partial charge on any atom is 0.303 e. The SMILES string of the molecule is C1CCOC1.CCCC(=O)O.c1cc2ccc3cccc4ccc(c1)c2c34. The van der Waals surface area contributed by atoms with Crippen molar-refractivity contribution < 1.29 is 14.6 Å². The number of rotatable bonds is 2. The van der Waals surface area contributed by atoms with E-state index in [1.54, 1.807) is 0 Å². The molecule has 4 aromatic carbocycles. The number of benzene rings is 4. The Bertz CT molecular complexity index is 865. The van der Waals surface area contributed by atoms with E-state index in [9.17, 15) is 4.79 Å². The number of hydrogen-bond acceptors (Lipinski definition) is 2. The summed E-state index contributed by atoms with van der Waals surface area (Å²) in [5, 5.41) is 16.1. The van der Waals surface area contributed by atoms with Crippen molar-refractivity contribution in [3.63, 3.8) is 0 Å². The van der Waals surface area contributed by atoms with Gasteiger partial charge < -0.3 is 9.84 Å². The van der Waals surface area contributed by atoms with Crippen molar-refractivity contribution in [3.8, 4) is 0 Å². The quantitative estimate of drug-likeness (QED) is 0.429. The molecule has 0 spiro atoms. The highest BCUT2D eigenvalue weighted by Crippen LogP contribution is 2.33. The lowest BCUT2D eigenvalue weighted by atomic mass is 9.95. The van der Waals surface area contributed by atoms with Gasteiger partial charge in [0.2, 0.25) is 0 Å². The summed E-state index contributed by atoms with van der Waals surface area (Å²) in [5.74, 6) is -0.711. The zero-order valence-corrected chi connectivity index (χ0v) is 15.8. The summed E-state index contributed by atoms with van der Waals surface area (Å²) in [6.45, 7) is 3.84. The summed E-state index contributed by atoms with van der Waals surface area (Å²) in [6, 6.07) is 21.9. The van der Waals surface area contributed by atoms with E-state index in [0.29, 0.717) is 6.42 Å². The van der Waals surface area contributed by atoms with Crippen LogP contribution in [0.1, 0.15) is 32.6 Å². The minimum Gasteiger partial charge on any atom is -0.481 e. The molecule has 1 fully saturated rings. The summed E-state index contributed by atoms with van der Waals surface area (Å²) in [5.41, 5.74) is 0. The molecule has 1 N–H and O–H groups in total. The molecule has 0 bridgehead atoms. The fourth-order valence-electron chi connectivity index (χ4n) is 3.39. The molecule has 0 aromatic heterocycles. The monoisotopic (exact) mass is 362 g/mol. The molecule has 0 saturated carbocycles. The number of hydrogen-bond donors (Lipinski definition) is 1. The number of carboxylic acid groups (broad SMARTS) is 1. The molecule has 4 aromatic rings. The minimum absolute atomic E-state index is 0.292. The molecular formula is C24H26O3. The van der Waals surface area contributed by atoms with Gasteiger partial charge in [0.1, 0.15) is 0 Å². The van der Waals surface area contributed by atoms with Gasteiger partial charge in [-0.05, 0) is 51.6 Å². The maximum absolute atomic E-state index is 9.60. The Hall–Kier alpha value is -2.65. The van der Waals surface area contributed by atoms with Crippen molar-refractivity contribution in [2.75, 3.05) is 13.2 Å². The Balaban J connectivity index is 0.000000159. The average molecular weight is 362 g/mol. The topological polar surface area (TPSA) is 46.5 Å². The number of carbonyl (C=O) groups is 1. The first-order valence-corrected chi connectivity index (χ1v) is 9.63. The van der Waals surface area contributed by atoms with Crippen LogP contribution in [0.2, 0.25) is 0 Å². The molecule has 1 saturated heterocycles. The second-order valence-corrected chi connectivity index (χ2v) is 6.75. The lowest BCUT2D eigenvalue weighted by molar-refractivity contribution is -0.137. The van der Waals surface area contributed by atoms with Crippen LogP contribution in [0.15, 0.2) is 60.7 Å². The van der Waals surface area contributed by atoms with Crippen molar-refractivity contribution >= 4 is 38.3 Å². The van der Waals surface area contributed by atoms with Crippen LogP contribution < -0.4 is 0 Å². The van der Waals surface area contributed by atoms with Gasteiger partial charge in [0.15, 0.2) is 0 Å². The van der Waals surface area contributed by atoms with Crippen LogP contribution in [-0.2, 0) is 9.53 Å². The molecule has 0 radical (unpaired) electrons. The van der Waals surface area contributed by atoms with Crippen LogP contribution in [0.5, 0.6) is 0 Å². The van der Waals surface area contributed by atoms with E-state index >= 15 is 0 Å². The largest absolute Gasteiger partial charge is 0.481 e. The third-order valence-electron chi connectivity index (χ3n) is 4.68. The van der Waals surface area contributed by atoms with Crippen molar-refractivity contribution in [3.05, 3.63) is 60.7 Å². The van der Waals surface area contributed by atoms with E-state index in [4.69, 9.17) is 9.84 Å². The van der Waals surface area contributed by atoms with Crippen molar-refractivity contribution in [2.45, 2.75) is 32.6 Å². The van der Waals surface area contributed by atoms with Gasteiger partial charge in [0, 0.05) is 19.6 Å². The van der Waals surface area contributed by atoms with Gasteiger partial charge in [-0.1, -0.05) is 67.6 Å². The molecule has 1 aliphatic heterocycles. The Kier molecular flexibility index (Phi) is 6.61. The third kappa shape index (κ3) is 4.75. The molecule has 0 atom stereocenters. The maximum atomic E-state index is 9.60. The highest BCUT2D eigenvalue weighted by atomic mass is 16.5. The molecule has 1 aliphatic rings. The van der Waals surface area contributed by atoms with Crippen molar-refractivity contribution in [1.82, 2.24) is 0 Å². The average Bonchev–Trinajstić information content (AvgIpc) is 3.27. The zero-order chi connectivity index (χ0) is 19.1. The second kappa shape index (κ2) is 9.33. The Morgan fingerprint density at radius 3 is 1.44 bits per heavy atom. The minimum atomic E-state index is -0.711. The molecule has 3 heteroatoms. The lowest BCUT2D eigenvalue weighted by Gasteiger charge is -2.09. The predicted octanol–water partition coefficient (Wildman–Crippen LogP) is 6.25. The second-order valence-electron chi connectivity index (χ2n) is 6.75. The fraction of sp³-hybridized carbons (Fsp3) is 0.292. The van der Waals surface area contributed by atoms with Gasteiger partial charge in [-0.15, -0.1) is 0 Å². The fourth-order valence-corrected chi connectivity index (χ4v) is 3.39. The zero-order valence-electron chi connectivity index (χ0n) is 15.8. The molecule has 5 rings (SSSR count). The highest BCUT2D eigenvalue weighted by molar-refractivity contribution is 6.22. The summed E-state index contributed by atoms with van der Waals surface area (Å²) in [6.07, 6.45) is 3.58. The Morgan fingerprint density at radius 2 is 1.22 bits per heavy atom. The van der Waals surface area contributed by atoms with E-state index in [1.807, 2.05) is 6.92 Å². The van der Waals surface area contributed by atoms with Crippen LogP contribution in [-0.4, -0.2) is 24.3 Å². The van der Waals surface area contributed by atoms with Crippen LogP contribution in [0.4, 0.5) is 0 Å². The van der Waals surface area contributed by atoms with Gasteiger partial charge in [-0.25, -0.2) is 0 Å². The molecular weight excluding hydrogens is 336 g/mol. The summed E-state index contributed by atoms with van der Waals surface area (Å²) in [4.78, 5) is 9.60. The summed E-state index contributed by atoms with van der Waals surface area (Å²) < 4.78 is 4.94.